The Balaban J connectivity index is 2.31. The second kappa shape index (κ2) is 3.35. The summed E-state index contributed by atoms with van der Waals surface area (Å²) in [5.74, 6) is 0.996. The molecule has 0 unspecified atom stereocenters. The number of aryl methyl sites for hydroxylation is 1. The molecule has 3 rings (SSSR count). The molecular weight excluding hydrogens is 218 g/mol. The van der Waals surface area contributed by atoms with Gasteiger partial charge in [0.25, 0.3) is 0 Å². The first-order chi connectivity index (χ1) is 7.75. The van der Waals surface area contributed by atoms with E-state index in [4.69, 9.17) is 5.73 Å². The Kier molecular flexibility index (Phi) is 1.97. The summed E-state index contributed by atoms with van der Waals surface area (Å²) < 4.78 is 2.10. The molecule has 0 aliphatic heterocycles. The van der Waals surface area contributed by atoms with E-state index in [9.17, 15) is 0 Å². The van der Waals surface area contributed by atoms with Crippen LogP contribution < -0.4 is 5.73 Å². The maximum absolute atomic E-state index is 5.76. The number of nitrogens with two attached hydrogens (primary N) is 1. The fourth-order valence-corrected chi connectivity index (χ4v) is 2.59. The second-order valence-corrected chi connectivity index (χ2v) is 4.67. The van der Waals surface area contributed by atoms with Crippen molar-refractivity contribution in [2.24, 2.45) is 7.05 Å². The summed E-state index contributed by atoms with van der Waals surface area (Å²) in [5.41, 5.74) is 8.57. The van der Waals surface area contributed by atoms with Crippen LogP contribution in [0.1, 0.15) is 0 Å². The average molecular weight is 229 g/mol. The number of anilines is 1. The van der Waals surface area contributed by atoms with Gasteiger partial charge in [-0.05, 0) is 29.6 Å². The normalized spacial score (nSPS) is 11.1. The average Bonchev–Trinajstić information content (AvgIpc) is 2.86. The van der Waals surface area contributed by atoms with Crippen molar-refractivity contribution in [1.29, 1.82) is 0 Å². The third-order valence-corrected chi connectivity index (χ3v) is 3.51. The number of aromatic nitrogens is 2. The van der Waals surface area contributed by atoms with Crippen molar-refractivity contribution >= 4 is 28.1 Å². The number of hydrogen-bond donors (Lipinski definition) is 1. The summed E-state index contributed by atoms with van der Waals surface area (Å²) in [6, 6.07) is 9.94. The largest absolute Gasteiger partial charge is 0.399 e. The Bertz CT molecular complexity index is 638. The quantitative estimate of drug-likeness (QED) is 0.652. The lowest BCUT2D eigenvalue weighted by molar-refractivity contribution is 0.963. The van der Waals surface area contributed by atoms with Crippen LogP contribution in [0.2, 0.25) is 0 Å². The molecule has 0 fully saturated rings. The van der Waals surface area contributed by atoms with Gasteiger partial charge in [0.2, 0.25) is 0 Å². The highest BCUT2D eigenvalue weighted by Gasteiger charge is 2.10. The Morgan fingerprint density at radius 2 is 2.19 bits per heavy atom. The van der Waals surface area contributed by atoms with E-state index in [0.717, 1.165) is 22.5 Å². The van der Waals surface area contributed by atoms with E-state index in [1.54, 1.807) is 11.3 Å². The smallest absolute Gasteiger partial charge is 0.150 e. The van der Waals surface area contributed by atoms with E-state index >= 15 is 0 Å². The molecule has 0 bridgehead atoms. The van der Waals surface area contributed by atoms with Gasteiger partial charge in [0.15, 0.2) is 5.82 Å². The van der Waals surface area contributed by atoms with Gasteiger partial charge in [-0.2, -0.15) is 0 Å². The maximum Gasteiger partial charge on any atom is 0.150 e. The van der Waals surface area contributed by atoms with Crippen molar-refractivity contribution in [3.63, 3.8) is 0 Å². The molecule has 3 nitrogen and oxygen atoms in total. The molecule has 80 valence electrons. The first-order valence-corrected chi connectivity index (χ1v) is 5.89. The summed E-state index contributed by atoms with van der Waals surface area (Å²) in [5, 5.41) is 2.06. The van der Waals surface area contributed by atoms with Crippen LogP contribution in [0, 0.1) is 0 Å². The number of imidazole rings is 1. The minimum Gasteiger partial charge on any atom is -0.399 e. The molecule has 0 amide bonds. The fourth-order valence-electron chi connectivity index (χ4n) is 1.84. The van der Waals surface area contributed by atoms with Crippen LogP contribution in [-0.4, -0.2) is 9.55 Å². The lowest BCUT2D eigenvalue weighted by Crippen LogP contribution is -1.90. The van der Waals surface area contributed by atoms with Crippen LogP contribution >= 0.6 is 11.3 Å². The van der Waals surface area contributed by atoms with Crippen LogP contribution in [0.3, 0.4) is 0 Å². The van der Waals surface area contributed by atoms with Crippen molar-refractivity contribution in [3.8, 4) is 10.7 Å². The minimum absolute atomic E-state index is 0.753. The summed E-state index contributed by atoms with van der Waals surface area (Å²) in [6.45, 7) is 0. The highest BCUT2D eigenvalue weighted by Crippen LogP contribution is 2.27. The SMILES string of the molecule is Cn1c(-c2cccs2)nc2cc(N)ccc21. The minimum atomic E-state index is 0.753. The van der Waals surface area contributed by atoms with Gasteiger partial charge in [0, 0.05) is 12.7 Å². The van der Waals surface area contributed by atoms with E-state index in [1.165, 1.54) is 4.88 Å². The van der Waals surface area contributed by atoms with E-state index in [1.807, 2.05) is 31.3 Å². The summed E-state index contributed by atoms with van der Waals surface area (Å²) in [6.07, 6.45) is 0. The Hall–Kier alpha value is -1.81. The number of thiophene rings is 1. The number of hydrogen-bond acceptors (Lipinski definition) is 3. The Morgan fingerprint density at radius 1 is 1.31 bits per heavy atom. The van der Waals surface area contributed by atoms with Crippen molar-refractivity contribution in [2.75, 3.05) is 5.73 Å². The first-order valence-electron chi connectivity index (χ1n) is 5.01. The molecule has 0 saturated carbocycles. The van der Waals surface area contributed by atoms with Gasteiger partial charge in [0.05, 0.1) is 15.9 Å². The molecule has 0 radical (unpaired) electrons. The Morgan fingerprint density at radius 3 is 2.94 bits per heavy atom. The summed E-state index contributed by atoms with van der Waals surface area (Å²) in [7, 11) is 2.03. The molecule has 16 heavy (non-hydrogen) atoms. The highest BCUT2D eigenvalue weighted by molar-refractivity contribution is 7.13. The number of nitrogens with zero attached hydrogens (tertiary/aromatic N) is 2. The number of fused-ring (bicyclic) bond motifs is 1. The van der Waals surface area contributed by atoms with Crippen molar-refractivity contribution in [3.05, 3.63) is 35.7 Å². The van der Waals surface area contributed by atoms with Crippen LogP contribution in [-0.2, 0) is 7.05 Å². The number of benzene rings is 1. The van der Waals surface area contributed by atoms with E-state index in [2.05, 4.69) is 21.0 Å². The van der Waals surface area contributed by atoms with E-state index < -0.39 is 0 Å². The molecule has 4 heteroatoms. The standard InChI is InChI=1S/C12H11N3S/c1-15-10-5-4-8(13)7-9(10)14-12(15)11-3-2-6-16-11/h2-7H,13H2,1H3. The lowest BCUT2D eigenvalue weighted by Gasteiger charge is -1.98. The van der Waals surface area contributed by atoms with Crippen LogP contribution in [0.4, 0.5) is 5.69 Å². The van der Waals surface area contributed by atoms with Gasteiger partial charge in [0.1, 0.15) is 0 Å². The Labute approximate surface area is 97.2 Å². The molecule has 0 aliphatic carbocycles. The molecule has 2 N–H and O–H groups in total. The molecule has 2 heterocycles. The molecule has 0 atom stereocenters. The lowest BCUT2D eigenvalue weighted by atomic mass is 10.3. The molecule has 2 aromatic heterocycles. The topological polar surface area (TPSA) is 43.8 Å². The predicted octanol–water partition coefficient (Wildman–Crippen LogP) is 2.88. The molecule has 0 aliphatic rings. The summed E-state index contributed by atoms with van der Waals surface area (Å²) >= 11 is 1.70. The van der Waals surface area contributed by atoms with Gasteiger partial charge in [-0.1, -0.05) is 6.07 Å². The fraction of sp³-hybridized carbons (Fsp3) is 0.0833. The second-order valence-electron chi connectivity index (χ2n) is 3.72. The third kappa shape index (κ3) is 1.31. The van der Waals surface area contributed by atoms with Gasteiger partial charge in [-0.15, -0.1) is 11.3 Å². The van der Waals surface area contributed by atoms with E-state index in [-0.39, 0.29) is 0 Å². The molecule has 1 aromatic carbocycles. The maximum atomic E-state index is 5.76. The first kappa shape index (κ1) is 9.42. The molecule has 0 spiro atoms. The highest BCUT2D eigenvalue weighted by atomic mass is 32.1. The molecule has 3 aromatic rings. The summed E-state index contributed by atoms with van der Waals surface area (Å²) in [4.78, 5) is 5.79. The van der Waals surface area contributed by atoms with Gasteiger partial charge in [-0.3, -0.25) is 0 Å². The van der Waals surface area contributed by atoms with Crippen LogP contribution in [0.5, 0.6) is 0 Å². The zero-order valence-corrected chi connectivity index (χ0v) is 9.66. The van der Waals surface area contributed by atoms with Gasteiger partial charge in [-0.25, -0.2) is 4.98 Å². The zero-order valence-electron chi connectivity index (χ0n) is 8.84. The van der Waals surface area contributed by atoms with E-state index in [0.29, 0.717) is 0 Å². The number of nitrogen functional groups attached to an aromatic ring is 1. The molecule has 0 saturated heterocycles. The monoisotopic (exact) mass is 229 g/mol. The predicted molar refractivity (Wildman–Crippen MR) is 68.4 cm³/mol. The van der Waals surface area contributed by atoms with Gasteiger partial charge < -0.3 is 10.3 Å². The zero-order chi connectivity index (χ0) is 11.1. The third-order valence-electron chi connectivity index (χ3n) is 2.65. The van der Waals surface area contributed by atoms with Crippen LogP contribution in [0.15, 0.2) is 35.7 Å². The van der Waals surface area contributed by atoms with Crippen molar-refractivity contribution < 1.29 is 0 Å². The van der Waals surface area contributed by atoms with Crippen molar-refractivity contribution in [1.82, 2.24) is 9.55 Å². The van der Waals surface area contributed by atoms with Crippen LogP contribution in [0.25, 0.3) is 21.7 Å². The molecular formula is C12H11N3S. The number of rotatable bonds is 1. The van der Waals surface area contributed by atoms with Gasteiger partial charge >= 0.3 is 0 Å². The van der Waals surface area contributed by atoms with Crippen molar-refractivity contribution in [2.45, 2.75) is 0 Å².